The minimum Gasteiger partial charge on any atom is -0.395 e. The predicted octanol–water partition coefficient (Wildman–Crippen LogP) is 1.01. The Morgan fingerprint density at radius 3 is 2.65 bits per heavy atom. The largest absolute Gasteiger partial charge is 0.395 e. The highest BCUT2D eigenvalue weighted by molar-refractivity contribution is 4.83. The fourth-order valence-electron chi connectivity index (χ4n) is 2.47. The normalized spacial score (nSPS) is 28.6. The summed E-state index contributed by atoms with van der Waals surface area (Å²) < 4.78 is 5.41. The lowest BCUT2D eigenvalue weighted by atomic mass is 9.96. The van der Waals surface area contributed by atoms with Crippen LogP contribution >= 0.6 is 0 Å². The number of aliphatic hydroxyl groups is 2. The van der Waals surface area contributed by atoms with Crippen molar-refractivity contribution in [2.75, 3.05) is 19.8 Å². The van der Waals surface area contributed by atoms with Crippen LogP contribution in [-0.4, -0.2) is 59.2 Å². The van der Waals surface area contributed by atoms with Crippen molar-refractivity contribution in [3.05, 3.63) is 0 Å². The van der Waals surface area contributed by atoms with Crippen LogP contribution in [0.3, 0.4) is 0 Å². The second kappa shape index (κ2) is 7.31. The molecular formula is C13H27NO3. The third kappa shape index (κ3) is 4.92. The summed E-state index contributed by atoms with van der Waals surface area (Å²) in [5.74, 6) is 0. The standard InChI is InChI=1S/C13H27NO3/c1-10(2)17-9-13(16)7-14-11(3)5-4-6-12(14)8-15/h10-13,15-16H,4-9H2,1-3H3. The molecule has 2 N–H and O–H groups in total. The molecule has 0 radical (unpaired) electrons. The second-order valence-corrected chi connectivity index (χ2v) is 5.35. The zero-order chi connectivity index (χ0) is 12.8. The molecule has 3 atom stereocenters. The van der Waals surface area contributed by atoms with Gasteiger partial charge in [-0.15, -0.1) is 0 Å². The molecule has 1 saturated heterocycles. The second-order valence-electron chi connectivity index (χ2n) is 5.35. The van der Waals surface area contributed by atoms with Gasteiger partial charge in [-0.05, 0) is 33.6 Å². The van der Waals surface area contributed by atoms with Crippen LogP contribution < -0.4 is 0 Å². The summed E-state index contributed by atoms with van der Waals surface area (Å²) >= 11 is 0. The molecular weight excluding hydrogens is 218 g/mol. The summed E-state index contributed by atoms with van der Waals surface area (Å²) in [6.07, 6.45) is 3.03. The fraction of sp³-hybridized carbons (Fsp3) is 1.00. The van der Waals surface area contributed by atoms with Crippen LogP contribution in [-0.2, 0) is 4.74 Å². The van der Waals surface area contributed by atoms with Gasteiger partial charge in [0.2, 0.25) is 0 Å². The van der Waals surface area contributed by atoms with E-state index in [0.29, 0.717) is 19.2 Å². The minimum atomic E-state index is -0.466. The number of hydrogen-bond donors (Lipinski definition) is 2. The summed E-state index contributed by atoms with van der Waals surface area (Å²) in [6.45, 7) is 7.25. The molecule has 0 saturated carbocycles. The number of rotatable bonds is 6. The molecule has 17 heavy (non-hydrogen) atoms. The maximum atomic E-state index is 9.93. The van der Waals surface area contributed by atoms with Crippen molar-refractivity contribution >= 4 is 0 Å². The van der Waals surface area contributed by atoms with Crippen molar-refractivity contribution in [1.82, 2.24) is 4.90 Å². The summed E-state index contributed by atoms with van der Waals surface area (Å²) in [6, 6.07) is 0.641. The molecule has 1 fully saturated rings. The molecule has 0 aromatic carbocycles. The summed E-state index contributed by atoms with van der Waals surface area (Å²) in [7, 11) is 0. The highest BCUT2D eigenvalue weighted by atomic mass is 16.5. The van der Waals surface area contributed by atoms with E-state index < -0.39 is 6.10 Å². The molecule has 0 bridgehead atoms. The number of hydrogen-bond acceptors (Lipinski definition) is 4. The lowest BCUT2D eigenvalue weighted by molar-refractivity contribution is -0.0354. The van der Waals surface area contributed by atoms with Crippen molar-refractivity contribution in [2.45, 2.75) is 64.3 Å². The lowest BCUT2D eigenvalue weighted by Crippen LogP contribution is -2.50. The van der Waals surface area contributed by atoms with Crippen LogP contribution in [0.5, 0.6) is 0 Å². The van der Waals surface area contributed by atoms with Crippen molar-refractivity contribution in [3.8, 4) is 0 Å². The first-order valence-electron chi connectivity index (χ1n) is 6.70. The van der Waals surface area contributed by atoms with Gasteiger partial charge in [0.05, 0.1) is 25.4 Å². The van der Waals surface area contributed by atoms with Gasteiger partial charge < -0.3 is 14.9 Å². The molecule has 0 aromatic rings. The van der Waals surface area contributed by atoms with Gasteiger partial charge >= 0.3 is 0 Å². The number of likely N-dealkylation sites (tertiary alicyclic amines) is 1. The number of nitrogens with zero attached hydrogens (tertiary/aromatic N) is 1. The van der Waals surface area contributed by atoms with E-state index in [9.17, 15) is 10.2 Å². The third-order valence-electron chi connectivity index (χ3n) is 3.45. The van der Waals surface area contributed by atoms with E-state index in [0.717, 1.165) is 12.8 Å². The van der Waals surface area contributed by atoms with Gasteiger partial charge in [0.25, 0.3) is 0 Å². The van der Waals surface area contributed by atoms with E-state index in [1.54, 1.807) is 0 Å². The van der Waals surface area contributed by atoms with Crippen molar-refractivity contribution in [2.24, 2.45) is 0 Å². The molecule has 0 amide bonds. The predicted molar refractivity (Wildman–Crippen MR) is 68.0 cm³/mol. The number of piperidine rings is 1. The highest BCUT2D eigenvalue weighted by Crippen LogP contribution is 2.22. The monoisotopic (exact) mass is 245 g/mol. The van der Waals surface area contributed by atoms with Crippen LogP contribution in [0.1, 0.15) is 40.0 Å². The van der Waals surface area contributed by atoms with Crippen LogP contribution in [0.25, 0.3) is 0 Å². The topological polar surface area (TPSA) is 52.9 Å². The first kappa shape index (κ1) is 14.9. The average Bonchev–Trinajstić information content (AvgIpc) is 2.29. The summed E-state index contributed by atoms with van der Waals surface area (Å²) in [5.41, 5.74) is 0. The van der Waals surface area contributed by atoms with E-state index in [4.69, 9.17) is 4.74 Å². The molecule has 102 valence electrons. The van der Waals surface area contributed by atoms with E-state index >= 15 is 0 Å². The Hall–Kier alpha value is -0.160. The van der Waals surface area contributed by atoms with Crippen LogP contribution in [0.2, 0.25) is 0 Å². The quantitative estimate of drug-likeness (QED) is 0.733. The smallest absolute Gasteiger partial charge is 0.0900 e. The zero-order valence-electron chi connectivity index (χ0n) is 11.3. The van der Waals surface area contributed by atoms with Crippen LogP contribution in [0.4, 0.5) is 0 Å². The molecule has 1 aliphatic heterocycles. The van der Waals surface area contributed by atoms with Crippen LogP contribution in [0.15, 0.2) is 0 Å². The Labute approximate surface area is 105 Å². The van der Waals surface area contributed by atoms with E-state index in [-0.39, 0.29) is 18.8 Å². The number of aliphatic hydroxyl groups excluding tert-OH is 2. The van der Waals surface area contributed by atoms with Crippen molar-refractivity contribution in [1.29, 1.82) is 0 Å². The van der Waals surface area contributed by atoms with Gasteiger partial charge in [0, 0.05) is 18.6 Å². The number of ether oxygens (including phenoxy) is 1. The summed E-state index contributed by atoms with van der Waals surface area (Å²) in [4.78, 5) is 2.22. The molecule has 0 spiro atoms. The maximum absolute atomic E-state index is 9.93. The van der Waals surface area contributed by atoms with Gasteiger partial charge in [-0.25, -0.2) is 0 Å². The van der Waals surface area contributed by atoms with Crippen LogP contribution in [0, 0.1) is 0 Å². The Morgan fingerprint density at radius 2 is 2.06 bits per heavy atom. The lowest BCUT2D eigenvalue weighted by Gasteiger charge is -2.40. The number of β-amino-alcohol motifs (C(OH)–C–C–N with tert-alkyl or cyclic N) is 1. The molecule has 1 rings (SSSR count). The Bertz CT molecular complexity index is 211. The van der Waals surface area contributed by atoms with Gasteiger partial charge in [-0.2, -0.15) is 0 Å². The molecule has 0 aliphatic carbocycles. The van der Waals surface area contributed by atoms with Crippen molar-refractivity contribution < 1.29 is 14.9 Å². The SMILES string of the molecule is CC(C)OCC(O)CN1C(C)CCCC1CO. The molecule has 3 unspecified atom stereocenters. The molecule has 4 heteroatoms. The average molecular weight is 245 g/mol. The molecule has 0 aromatic heterocycles. The third-order valence-corrected chi connectivity index (χ3v) is 3.45. The molecule has 4 nitrogen and oxygen atoms in total. The van der Waals surface area contributed by atoms with Gasteiger partial charge in [0.15, 0.2) is 0 Å². The molecule has 1 aliphatic rings. The zero-order valence-corrected chi connectivity index (χ0v) is 11.3. The first-order valence-corrected chi connectivity index (χ1v) is 6.70. The van der Waals surface area contributed by atoms with Crippen molar-refractivity contribution in [3.63, 3.8) is 0 Å². The van der Waals surface area contributed by atoms with E-state index in [2.05, 4.69) is 11.8 Å². The summed E-state index contributed by atoms with van der Waals surface area (Å²) in [5, 5.41) is 19.3. The Morgan fingerprint density at radius 1 is 1.35 bits per heavy atom. The Kier molecular flexibility index (Phi) is 6.41. The minimum absolute atomic E-state index is 0.150. The van der Waals surface area contributed by atoms with E-state index in [1.807, 2.05) is 13.8 Å². The Balaban J connectivity index is 2.40. The van der Waals surface area contributed by atoms with Gasteiger partial charge in [-0.1, -0.05) is 6.42 Å². The highest BCUT2D eigenvalue weighted by Gasteiger charge is 2.28. The first-order chi connectivity index (χ1) is 8.04. The van der Waals surface area contributed by atoms with E-state index in [1.165, 1.54) is 6.42 Å². The fourth-order valence-corrected chi connectivity index (χ4v) is 2.47. The molecule has 1 heterocycles. The maximum Gasteiger partial charge on any atom is 0.0900 e. The van der Waals surface area contributed by atoms with Gasteiger partial charge in [-0.3, -0.25) is 4.90 Å². The van der Waals surface area contributed by atoms with Gasteiger partial charge in [0.1, 0.15) is 0 Å².